The lowest BCUT2D eigenvalue weighted by molar-refractivity contribution is -0.117. The van der Waals surface area contributed by atoms with Gasteiger partial charge in [-0.2, -0.15) is 0 Å². The van der Waals surface area contributed by atoms with Crippen molar-refractivity contribution in [2.75, 3.05) is 5.32 Å². The molecule has 5 rings (SSSR count). The van der Waals surface area contributed by atoms with E-state index in [9.17, 15) is 18.4 Å². The fraction of sp³-hybridized carbons (Fsp3) is 0.107. The predicted octanol–water partition coefficient (Wildman–Crippen LogP) is 5.62. The third kappa shape index (κ3) is 4.29. The first kappa shape index (κ1) is 23.2. The predicted molar refractivity (Wildman–Crippen MR) is 136 cm³/mol. The van der Waals surface area contributed by atoms with Crippen LogP contribution >= 0.6 is 0 Å². The lowest BCUT2D eigenvalue weighted by Gasteiger charge is -2.13. The summed E-state index contributed by atoms with van der Waals surface area (Å²) < 4.78 is 28.4. The summed E-state index contributed by atoms with van der Waals surface area (Å²) >= 11 is 0. The van der Waals surface area contributed by atoms with E-state index in [0.717, 1.165) is 0 Å². The number of rotatable bonds is 5. The largest absolute Gasteiger partial charge is 0.354 e. The van der Waals surface area contributed by atoms with Gasteiger partial charge in [-0.05, 0) is 60.5 Å². The first-order valence-corrected chi connectivity index (χ1v) is 11.3. The molecule has 3 heterocycles. The van der Waals surface area contributed by atoms with Crippen LogP contribution in [0.3, 0.4) is 0 Å². The van der Waals surface area contributed by atoms with Crippen LogP contribution < -0.4 is 10.9 Å². The molecule has 6 nitrogen and oxygen atoms in total. The van der Waals surface area contributed by atoms with Crippen molar-refractivity contribution in [2.45, 2.75) is 12.8 Å². The Bertz CT molecular complexity index is 1640. The molecular formula is C28H22F2N4O2. The van der Waals surface area contributed by atoms with Crippen LogP contribution in [0.5, 0.6) is 0 Å². The van der Waals surface area contributed by atoms with Crippen LogP contribution in [0.2, 0.25) is 0 Å². The number of benzene rings is 2. The molecule has 8 heteroatoms. The highest BCUT2D eigenvalue weighted by Crippen LogP contribution is 2.37. The van der Waals surface area contributed by atoms with Crippen LogP contribution in [-0.4, -0.2) is 20.4 Å². The molecule has 0 aliphatic heterocycles. The van der Waals surface area contributed by atoms with Gasteiger partial charge in [-0.15, -0.1) is 0 Å². The number of halogens is 2. The monoisotopic (exact) mass is 484 g/mol. The Balaban J connectivity index is 1.56. The molecule has 3 aromatic heterocycles. The zero-order valence-corrected chi connectivity index (χ0v) is 19.5. The number of anilines is 1. The second-order valence-electron chi connectivity index (χ2n) is 8.59. The van der Waals surface area contributed by atoms with Gasteiger partial charge >= 0.3 is 0 Å². The topological polar surface area (TPSA) is 79.8 Å². The summed E-state index contributed by atoms with van der Waals surface area (Å²) in [7, 11) is 1.67. The van der Waals surface area contributed by atoms with Crippen molar-refractivity contribution >= 4 is 22.6 Å². The summed E-state index contributed by atoms with van der Waals surface area (Å²) in [6, 6.07) is 17.0. The number of fused-ring (bicyclic) bond motifs is 1. The van der Waals surface area contributed by atoms with Crippen molar-refractivity contribution in [1.82, 2.24) is 14.5 Å². The van der Waals surface area contributed by atoms with E-state index in [1.54, 1.807) is 62.8 Å². The number of carbonyl (C=O) groups excluding carboxylic acids is 1. The normalized spacial score (nSPS) is 12.0. The minimum Gasteiger partial charge on any atom is -0.354 e. The van der Waals surface area contributed by atoms with E-state index in [0.29, 0.717) is 44.7 Å². The van der Waals surface area contributed by atoms with Gasteiger partial charge < -0.3 is 14.9 Å². The van der Waals surface area contributed by atoms with E-state index in [2.05, 4.69) is 15.3 Å². The van der Waals surface area contributed by atoms with Crippen molar-refractivity contribution in [3.63, 3.8) is 0 Å². The highest BCUT2D eigenvalue weighted by molar-refractivity contribution is 6.03. The third-order valence-electron chi connectivity index (χ3n) is 6.22. The van der Waals surface area contributed by atoms with Gasteiger partial charge in [0, 0.05) is 30.6 Å². The van der Waals surface area contributed by atoms with E-state index in [-0.39, 0.29) is 23.1 Å². The van der Waals surface area contributed by atoms with Gasteiger partial charge in [0.25, 0.3) is 5.56 Å². The number of hydrogen-bond acceptors (Lipinski definition) is 3. The molecule has 0 radical (unpaired) electrons. The third-order valence-corrected chi connectivity index (χ3v) is 6.22. The Morgan fingerprint density at radius 2 is 1.64 bits per heavy atom. The maximum Gasteiger partial charge on any atom is 0.260 e. The second kappa shape index (κ2) is 9.22. The molecule has 2 aromatic carbocycles. The van der Waals surface area contributed by atoms with Gasteiger partial charge in [0.2, 0.25) is 5.91 Å². The van der Waals surface area contributed by atoms with Crippen molar-refractivity contribution in [3.8, 4) is 22.4 Å². The fourth-order valence-corrected chi connectivity index (χ4v) is 4.21. The van der Waals surface area contributed by atoms with Gasteiger partial charge in [-0.25, -0.2) is 13.8 Å². The number of aromatic amines is 1. The van der Waals surface area contributed by atoms with Crippen LogP contribution in [0.1, 0.15) is 18.4 Å². The van der Waals surface area contributed by atoms with Crippen LogP contribution in [0.25, 0.3) is 33.3 Å². The zero-order valence-electron chi connectivity index (χ0n) is 19.5. The zero-order chi connectivity index (χ0) is 25.4. The fourth-order valence-electron chi connectivity index (χ4n) is 4.21. The highest BCUT2D eigenvalue weighted by atomic mass is 19.1. The average molecular weight is 485 g/mol. The smallest absolute Gasteiger partial charge is 0.260 e. The Hall–Kier alpha value is -4.59. The maximum atomic E-state index is 13.7. The van der Waals surface area contributed by atoms with E-state index in [1.807, 2.05) is 6.07 Å². The standard InChI is InChI=1S/C28H22F2N4O2/c1-16(17-3-7-20(29)8-4-17)27(35)33-23-15-19(11-13-31-23)26-24(18-5-9-21(30)10-6-18)25-22(32-26)12-14-34(2)28(25)36/h3-16,32H,1-2H3,(H,31,33,35). The van der Waals surface area contributed by atoms with Crippen molar-refractivity contribution in [3.05, 3.63) is 107 Å². The number of nitrogens with zero attached hydrogens (tertiary/aromatic N) is 2. The number of nitrogens with one attached hydrogen (secondary N) is 2. The Morgan fingerprint density at radius 1 is 0.972 bits per heavy atom. The molecule has 1 unspecified atom stereocenters. The van der Waals surface area contributed by atoms with E-state index in [1.165, 1.54) is 28.8 Å². The van der Waals surface area contributed by atoms with E-state index in [4.69, 9.17) is 0 Å². The number of hydrogen-bond donors (Lipinski definition) is 2. The van der Waals surface area contributed by atoms with Crippen molar-refractivity contribution in [1.29, 1.82) is 0 Å². The SMILES string of the molecule is CC(C(=O)Nc1cc(-c2[nH]c3ccn(C)c(=O)c3c2-c2ccc(F)cc2)ccn1)c1ccc(F)cc1. The lowest BCUT2D eigenvalue weighted by atomic mass is 9.99. The molecule has 0 spiro atoms. The molecule has 180 valence electrons. The molecule has 36 heavy (non-hydrogen) atoms. The minimum absolute atomic E-state index is 0.190. The molecule has 5 aromatic rings. The molecule has 1 amide bonds. The van der Waals surface area contributed by atoms with Crippen molar-refractivity contribution < 1.29 is 13.6 Å². The second-order valence-corrected chi connectivity index (χ2v) is 8.59. The Labute approximate surface area is 205 Å². The average Bonchev–Trinajstić information content (AvgIpc) is 3.27. The number of amides is 1. The van der Waals surface area contributed by atoms with Gasteiger partial charge in [0.15, 0.2) is 0 Å². The van der Waals surface area contributed by atoms with Gasteiger partial charge in [-0.1, -0.05) is 24.3 Å². The molecule has 0 bridgehead atoms. The number of pyridine rings is 2. The minimum atomic E-state index is -0.526. The van der Waals surface area contributed by atoms with Gasteiger partial charge in [0.05, 0.1) is 22.5 Å². The lowest BCUT2D eigenvalue weighted by Crippen LogP contribution is -2.19. The summed E-state index contributed by atoms with van der Waals surface area (Å²) in [6.45, 7) is 1.73. The van der Waals surface area contributed by atoms with E-state index < -0.39 is 5.92 Å². The summed E-state index contributed by atoms with van der Waals surface area (Å²) in [4.78, 5) is 33.5. The molecule has 0 aliphatic rings. The van der Waals surface area contributed by atoms with Gasteiger partial charge in [-0.3, -0.25) is 9.59 Å². The van der Waals surface area contributed by atoms with Crippen LogP contribution in [0.4, 0.5) is 14.6 Å². The van der Waals surface area contributed by atoms with Crippen LogP contribution in [0, 0.1) is 11.6 Å². The molecular weight excluding hydrogens is 462 g/mol. The first-order chi connectivity index (χ1) is 17.3. The summed E-state index contributed by atoms with van der Waals surface area (Å²) in [5, 5.41) is 3.29. The molecule has 0 saturated carbocycles. The number of aromatic nitrogens is 3. The molecule has 2 N–H and O–H groups in total. The quantitative estimate of drug-likeness (QED) is 0.340. The Kier molecular flexibility index (Phi) is 5.93. The van der Waals surface area contributed by atoms with E-state index >= 15 is 0 Å². The van der Waals surface area contributed by atoms with Crippen LogP contribution in [-0.2, 0) is 11.8 Å². The molecule has 0 fully saturated rings. The van der Waals surface area contributed by atoms with Crippen molar-refractivity contribution in [2.24, 2.45) is 7.05 Å². The summed E-state index contributed by atoms with van der Waals surface area (Å²) in [5.74, 6) is -1.25. The number of carbonyl (C=O) groups is 1. The number of H-pyrrole nitrogens is 1. The summed E-state index contributed by atoms with van der Waals surface area (Å²) in [5.41, 5.74) is 3.76. The first-order valence-electron chi connectivity index (χ1n) is 11.3. The Morgan fingerprint density at radius 3 is 2.33 bits per heavy atom. The number of aryl methyl sites for hydroxylation is 1. The maximum absolute atomic E-state index is 13.7. The van der Waals surface area contributed by atoms with Gasteiger partial charge in [0.1, 0.15) is 17.5 Å². The summed E-state index contributed by atoms with van der Waals surface area (Å²) in [6.07, 6.45) is 3.24. The molecule has 0 saturated heterocycles. The molecule has 1 atom stereocenters. The highest BCUT2D eigenvalue weighted by Gasteiger charge is 2.20. The van der Waals surface area contributed by atoms with Crippen LogP contribution in [0.15, 0.2) is 83.9 Å². The molecule has 0 aliphatic carbocycles.